The lowest BCUT2D eigenvalue weighted by atomic mass is 10.3. The summed E-state index contributed by atoms with van der Waals surface area (Å²) in [6, 6.07) is 2.07. The monoisotopic (exact) mass is 293 g/mol. The molecule has 0 bridgehead atoms. The number of thiophene rings is 1. The SMILES string of the molecule is Cc1cc2c(NCCc3ncc[nH]3)nc(Cl)nc2s1. The minimum Gasteiger partial charge on any atom is -0.369 e. The lowest BCUT2D eigenvalue weighted by Crippen LogP contribution is -2.07. The number of nitrogens with one attached hydrogen (secondary N) is 2. The third-order valence-corrected chi connectivity index (χ3v) is 3.81. The molecule has 0 aliphatic rings. The zero-order chi connectivity index (χ0) is 13.2. The van der Waals surface area contributed by atoms with E-state index in [0.717, 1.165) is 34.8 Å². The molecule has 19 heavy (non-hydrogen) atoms. The number of anilines is 1. The quantitative estimate of drug-likeness (QED) is 0.726. The molecule has 0 aliphatic heterocycles. The molecule has 0 radical (unpaired) electrons. The van der Waals surface area contributed by atoms with Crippen LogP contribution in [-0.4, -0.2) is 26.5 Å². The average molecular weight is 294 g/mol. The second kappa shape index (κ2) is 5.14. The number of halogens is 1. The van der Waals surface area contributed by atoms with Crippen molar-refractivity contribution in [3.05, 3.63) is 34.4 Å². The summed E-state index contributed by atoms with van der Waals surface area (Å²) in [6.45, 7) is 2.79. The minimum absolute atomic E-state index is 0.273. The highest BCUT2D eigenvalue weighted by molar-refractivity contribution is 7.18. The van der Waals surface area contributed by atoms with Crippen LogP contribution in [0.5, 0.6) is 0 Å². The van der Waals surface area contributed by atoms with Crippen molar-refractivity contribution in [3.8, 4) is 0 Å². The van der Waals surface area contributed by atoms with Crippen molar-refractivity contribution in [2.24, 2.45) is 0 Å². The summed E-state index contributed by atoms with van der Waals surface area (Å²) in [6.07, 6.45) is 4.37. The summed E-state index contributed by atoms with van der Waals surface area (Å²) >= 11 is 7.56. The van der Waals surface area contributed by atoms with Gasteiger partial charge < -0.3 is 10.3 Å². The van der Waals surface area contributed by atoms with Gasteiger partial charge in [0.2, 0.25) is 5.28 Å². The molecule has 0 aromatic carbocycles. The van der Waals surface area contributed by atoms with Gasteiger partial charge in [-0.05, 0) is 24.6 Å². The topological polar surface area (TPSA) is 66.5 Å². The van der Waals surface area contributed by atoms with E-state index in [2.05, 4.69) is 31.3 Å². The highest BCUT2D eigenvalue weighted by atomic mass is 35.5. The van der Waals surface area contributed by atoms with Crippen molar-refractivity contribution in [1.29, 1.82) is 0 Å². The molecule has 3 aromatic rings. The first-order valence-corrected chi connectivity index (χ1v) is 7.07. The number of H-pyrrole nitrogens is 1. The van der Waals surface area contributed by atoms with Crippen molar-refractivity contribution in [1.82, 2.24) is 19.9 Å². The Labute approximate surface area is 119 Å². The van der Waals surface area contributed by atoms with Gasteiger partial charge in [-0.3, -0.25) is 0 Å². The van der Waals surface area contributed by atoms with Crippen molar-refractivity contribution in [3.63, 3.8) is 0 Å². The summed E-state index contributed by atoms with van der Waals surface area (Å²) in [4.78, 5) is 17.8. The predicted molar refractivity (Wildman–Crippen MR) is 77.9 cm³/mol. The van der Waals surface area contributed by atoms with Crippen molar-refractivity contribution >= 4 is 39.0 Å². The van der Waals surface area contributed by atoms with Gasteiger partial charge in [-0.1, -0.05) is 0 Å². The minimum atomic E-state index is 0.273. The molecule has 0 fully saturated rings. The van der Waals surface area contributed by atoms with Gasteiger partial charge in [-0.25, -0.2) is 15.0 Å². The number of aromatic nitrogens is 4. The fraction of sp³-hybridized carbons (Fsp3) is 0.250. The maximum atomic E-state index is 5.94. The van der Waals surface area contributed by atoms with Crippen LogP contribution in [0.4, 0.5) is 5.82 Å². The van der Waals surface area contributed by atoms with Gasteiger partial charge in [0.15, 0.2) is 0 Å². The van der Waals surface area contributed by atoms with Gasteiger partial charge in [-0.15, -0.1) is 11.3 Å². The lowest BCUT2D eigenvalue weighted by molar-refractivity contribution is 0.922. The Balaban J connectivity index is 1.79. The maximum Gasteiger partial charge on any atom is 0.225 e. The zero-order valence-corrected chi connectivity index (χ0v) is 11.8. The van der Waals surface area contributed by atoms with E-state index in [1.807, 2.05) is 13.1 Å². The maximum absolute atomic E-state index is 5.94. The Hall–Kier alpha value is -1.66. The van der Waals surface area contributed by atoms with Crippen LogP contribution in [0, 0.1) is 6.92 Å². The number of fused-ring (bicyclic) bond motifs is 1. The van der Waals surface area contributed by atoms with Crippen LogP contribution in [0.1, 0.15) is 10.7 Å². The molecule has 0 aliphatic carbocycles. The molecule has 2 N–H and O–H groups in total. The number of rotatable bonds is 4. The lowest BCUT2D eigenvalue weighted by Gasteiger charge is -2.05. The average Bonchev–Trinajstić information content (AvgIpc) is 2.97. The molecule has 3 heterocycles. The molecule has 0 spiro atoms. The Kier molecular flexibility index (Phi) is 3.35. The van der Waals surface area contributed by atoms with Crippen molar-refractivity contribution in [2.75, 3.05) is 11.9 Å². The molecule has 0 unspecified atom stereocenters. The predicted octanol–water partition coefficient (Wildman–Crippen LogP) is 3.03. The van der Waals surface area contributed by atoms with Crippen LogP contribution in [0.25, 0.3) is 10.2 Å². The van der Waals surface area contributed by atoms with Crippen molar-refractivity contribution in [2.45, 2.75) is 13.3 Å². The Morgan fingerprint density at radius 1 is 1.42 bits per heavy atom. The first-order valence-electron chi connectivity index (χ1n) is 5.88. The van der Waals surface area contributed by atoms with Gasteiger partial charge in [0.05, 0.1) is 5.39 Å². The first-order chi connectivity index (χ1) is 9.22. The molecule has 3 aromatic heterocycles. The highest BCUT2D eigenvalue weighted by Crippen LogP contribution is 2.29. The normalized spacial score (nSPS) is 11.1. The molecule has 0 amide bonds. The Morgan fingerprint density at radius 2 is 2.32 bits per heavy atom. The van der Waals surface area contributed by atoms with E-state index in [1.54, 1.807) is 17.5 Å². The van der Waals surface area contributed by atoms with Crippen LogP contribution < -0.4 is 5.32 Å². The summed E-state index contributed by atoms with van der Waals surface area (Å²) in [7, 11) is 0. The van der Waals surface area contributed by atoms with Crippen LogP contribution in [-0.2, 0) is 6.42 Å². The molecule has 7 heteroatoms. The number of nitrogens with zero attached hydrogens (tertiary/aromatic N) is 3. The Bertz CT molecular complexity index is 692. The zero-order valence-electron chi connectivity index (χ0n) is 10.3. The standard InChI is InChI=1S/C12H12ClN5S/c1-7-6-8-10(17-12(13)18-11(8)19-7)16-3-2-9-14-4-5-15-9/h4-6H,2-3H2,1H3,(H,14,15)(H,16,17,18). The van der Waals surface area contributed by atoms with Crippen LogP contribution in [0.3, 0.4) is 0 Å². The van der Waals surface area contributed by atoms with Crippen LogP contribution in [0.15, 0.2) is 18.5 Å². The largest absolute Gasteiger partial charge is 0.369 e. The molecule has 0 saturated carbocycles. The van der Waals surface area contributed by atoms with E-state index in [9.17, 15) is 0 Å². The molecular formula is C12H12ClN5S. The van der Waals surface area contributed by atoms with E-state index < -0.39 is 0 Å². The van der Waals surface area contributed by atoms with Crippen molar-refractivity contribution < 1.29 is 0 Å². The smallest absolute Gasteiger partial charge is 0.225 e. The molecule has 98 valence electrons. The van der Waals surface area contributed by atoms with E-state index in [-0.39, 0.29) is 5.28 Å². The fourth-order valence-corrected chi connectivity index (χ4v) is 2.98. The molecule has 5 nitrogen and oxygen atoms in total. The summed E-state index contributed by atoms with van der Waals surface area (Å²) in [5.74, 6) is 1.73. The summed E-state index contributed by atoms with van der Waals surface area (Å²) in [5.41, 5.74) is 0. The first kappa shape index (κ1) is 12.4. The summed E-state index contributed by atoms with van der Waals surface area (Å²) < 4.78 is 0. The van der Waals surface area contributed by atoms with Crippen LogP contribution >= 0.6 is 22.9 Å². The highest BCUT2D eigenvalue weighted by Gasteiger charge is 2.09. The van der Waals surface area contributed by atoms with Gasteiger partial charge in [0.25, 0.3) is 0 Å². The Morgan fingerprint density at radius 3 is 3.11 bits per heavy atom. The van der Waals surface area contributed by atoms with Gasteiger partial charge in [0, 0.05) is 30.2 Å². The molecule has 0 atom stereocenters. The number of imidazole rings is 1. The second-order valence-corrected chi connectivity index (χ2v) is 5.70. The van der Waals surface area contributed by atoms with E-state index >= 15 is 0 Å². The van der Waals surface area contributed by atoms with E-state index in [1.165, 1.54) is 4.88 Å². The summed E-state index contributed by atoms with van der Waals surface area (Å²) in [5, 5.41) is 4.58. The number of aryl methyl sites for hydroxylation is 1. The number of hydrogen-bond acceptors (Lipinski definition) is 5. The van der Waals surface area contributed by atoms with Gasteiger partial charge in [-0.2, -0.15) is 0 Å². The van der Waals surface area contributed by atoms with E-state index in [4.69, 9.17) is 11.6 Å². The van der Waals surface area contributed by atoms with Gasteiger partial charge >= 0.3 is 0 Å². The third kappa shape index (κ3) is 2.69. The molecule has 0 saturated heterocycles. The van der Waals surface area contributed by atoms with Crippen LogP contribution in [0.2, 0.25) is 5.28 Å². The van der Waals surface area contributed by atoms with E-state index in [0.29, 0.717) is 0 Å². The molecule has 3 rings (SSSR count). The fourth-order valence-electron chi connectivity index (χ4n) is 1.88. The number of aromatic amines is 1. The van der Waals surface area contributed by atoms with Gasteiger partial charge in [0.1, 0.15) is 16.5 Å². The molecular weight excluding hydrogens is 282 g/mol. The number of hydrogen-bond donors (Lipinski definition) is 2. The third-order valence-electron chi connectivity index (χ3n) is 2.70. The second-order valence-electron chi connectivity index (χ2n) is 4.13.